The highest BCUT2D eigenvalue weighted by molar-refractivity contribution is 9.10. The first-order valence-corrected chi connectivity index (χ1v) is 4.81. The van der Waals surface area contributed by atoms with Crippen LogP contribution in [0.15, 0.2) is 16.7 Å². The minimum absolute atomic E-state index is 0.255. The van der Waals surface area contributed by atoms with E-state index in [0.717, 1.165) is 0 Å². The molecule has 0 fully saturated rings. The third kappa shape index (κ3) is 2.42. The van der Waals surface area contributed by atoms with Crippen LogP contribution in [0.4, 0.5) is 0 Å². The Morgan fingerprint density at radius 1 is 1.77 bits per heavy atom. The molecule has 13 heavy (non-hydrogen) atoms. The van der Waals surface area contributed by atoms with Crippen molar-refractivity contribution in [1.29, 1.82) is 0 Å². The Morgan fingerprint density at radius 2 is 2.46 bits per heavy atom. The van der Waals surface area contributed by atoms with Gasteiger partial charge in [0.1, 0.15) is 5.15 Å². The van der Waals surface area contributed by atoms with Gasteiger partial charge in [-0.15, -0.1) is 0 Å². The van der Waals surface area contributed by atoms with Gasteiger partial charge in [-0.1, -0.05) is 11.6 Å². The van der Waals surface area contributed by atoms with E-state index in [-0.39, 0.29) is 5.15 Å². The van der Waals surface area contributed by atoms with Gasteiger partial charge in [-0.2, -0.15) is 0 Å². The van der Waals surface area contributed by atoms with E-state index in [0.29, 0.717) is 16.6 Å². The highest BCUT2D eigenvalue weighted by Gasteiger charge is 2.13. The number of carbonyl (C=O) groups excluding carboxylic acids is 1. The molecule has 0 aliphatic carbocycles. The molecule has 0 amide bonds. The average molecular weight is 265 g/mol. The van der Waals surface area contributed by atoms with Gasteiger partial charge in [0.15, 0.2) is 0 Å². The van der Waals surface area contributed by atoms with E-state index >= 15 is 0 Å². The number of hydrogen-bond acceptors (Lipinski definition) is 3. The zero-order valence-corrected chi connectivity index (χ0v) is 9.22. The van der Waals surface area contributed by atoms with E-state index in [1.165, 1.54) is 6.20 Å². The molecule has 0 spiro atoms. The lowest BCUT2D eigenvalue weighted by molar-refractivity contribution is 0.0525. The number of aromatic nitrogens is 1. The Bertz CT molecular complexity index is 330. The first kappa shape index (κ1) is 10.5. The van der Waals surface area contributed by atoms with Gasteiger partial charge in [-0.3, -0.25) is 0 Å². The number of esters is 1. The number of ether oxygens (including phenoxy) is 1. The van der Waals surface area contributed by atoms with Gasteiger partial charge in [-0.25, -0.2) is 9.78 Å². The molecule has 0 aromatic carbocycles. The minimum atomic E-state index is -0.404. The van der Waals surface area contributed by atoms with Gasteiger partial charge in [0, 0.05) is 6.20 Å². The molecule has 0 saturated carbocycles. The number of nitrogens with zero attached hydrogens (tertiary/aromatic N) is 1. The van der Waals surface area contributed by atoms with E-state index in [9.17, 15) is 4.79 Å². The topological polar surface area (TPSA) is 39.2 Å². The van der Waals surface area contributed by atoms with Crippen molar-refractivity contribution in [2.24, 2.45) is 0 Å². The van der Waals surface area contributed by atoms with E-state index in [2.05, 4.69) is 20.9 Å². The zero-order valence-electron chi connectivity index (χ0n) is 6.88. The summed E-state index contributed by atoms with van der Waals surface area (Å²) in [7, 11) is 0. The number of rotatable bonds is 2. The van der Waals surface area contributed by atoms with Gasteiger partial charge in [-0.05, 0) is 28.9 Å². The fourth-order valence-corrected chi connectivity index (χ4v) is 1.34. The predicted octanol–water partition coefficient (Wildman–Crippen LogP) is 2.67. The quantitative estimate of drug-likeness (QED) is 0.609. The smallest absolute Gasteiger partial charge is 0.339 e. The van der Waals surface area contributed by atoms with Crippen LogP contribution in [0.2, 0.25) is 5.15 Å². The van der Waals surface area contributed by atoms with Gasteiger partial charge >= 0.3 is 5.97 Å². The third-order valence-corrected chi connectivity index (χ3v) is 2.66. The molecule has 0 N–H and O–H groups in total. The molecule has 0 aliphatic rings. The number of pyridine rings is 1. The van der Waals surface area contributed by atoms with Crippen LogP contribution >= 0.6 is 27.5 Å². The van der Waals surface area contributed by atoms with Gasteiger partial charge < -0.3 is 4.74 Å². The SMILES string of the molecule is CCOC(=O)c1ccnc(Cl)c1Br. The Labute approximate surface area is 89.2 Å². The number of carbonyl (C=O) groups is 1. The van der Waals surface area contributed by atoms with Crippen molar-refractivity contribution in [3.63, 3.8) is 0 Å². The first-order valence-electron chi connectivity index (χ1n) is 3.64. The molecule has 0 saturated heterocycles. The molecule has 0 aliphatic heterocycles. The van der Waals surface area contributed by atoms with Crippen molar-refractivity contribution in [3.8, 4) is 0 Å². The Balaban J connectivity index is 3.01. The monoisotopic (exact) mass is 263 g/mol. The van der Waals surface area contributed by atoms with Crippen molar-refractivity contribution in [2.45, 2.75) is 6.92 Å². The second-order valence-corrected chi connectivity index (χ2v) is 3.33. The van der Waals surface area contributed by atoms with Crippen LogP contribution in [0.1, 0.15) is 17.3 Å². The van der Waals surface area contributed by atoms with Crippen LogP contribution in [0.5, 0.6) is 0 Å². The highest BCUT2D eigenvalue weighted by Crippen LogP contribution is 2.24. The minimum Gasteiger partial charge on any atom is -0.462 e. The van der Waals surface area contributed by atoms with E-state index in [1.54, 1.807) is 13.0 Å². The van der Waals surface area contributed by atoms with Crippen molar-refractivity contribution < 1.29 is 9.53 Å². The van der Waals surface area contributed by atoms with Crippen molar-refractivity contribution in [1.82, 2.24) is 4.98 Å². The summed E-state index contributed by atoms with van der Waals surface area (Å²) in [4.78, 5) is 15.1. The lowest BCUT2D eigenvalue weighted by Crippen LogP contribution is -2.05. The summed E-state index contributed by atoms with van der Waals surface area (Å²) in [6.45, 7) is 2.08. The van der Waals surface area contributed by atoms with E-state index in [1.807, 2.05) is 0 Å². The van der Waals surface area contributed by atoms with Crippen LogP contribution in [-0.4, -0.2) is 17.6 Å². The molecular formula is C8H7BrClNO2. The molecule has 0 atom stereocenters. The van der Waals surface area contributed by atoms with Gasteiger partial charge in [0.2, 0.25) is 0 Å². The summed E-state index contributed by atoms with van der Waals surface area (Å²) >= 11 is 8.85. The summed E-state index contributed by atoms with van der Waals surface area (Å²) in [6.07, 6.45) is 1.46. The summed E-state index contributed by atoms with van der Waals surface area (Å²) in [5, 5.41) is 0.255. The number of hydrogen-bond donors (Lipinski definition) is 0. The molecule has 0 unspecified atom stereocenters. The van der Waals surface area contributed by atoms with Crippen molar-refractivity contribution >= 4 is 33.5 Å². The molecule has 1 aromatic rings. The molecule has 0 radical (unpaired) electrons. The molecule has 5 heteroatoms. The second-order valence-electron chi connectivity index (χ2n) is 2.18. The molecule has 70 valence electrons. The predicted molar refractivity (Wildman–Crippen MR) is 52.9 cm³/mol. The van der Waals surface area contributed by atoms with E-state index < -0.39 is 5.97 Å². The van der Waals surface area contributed by atoms with Crippen molar-refractivity contribution in [3.05, 3.63) is 27.5 Å². The largest absolute Gasteiger partial charge is 0.462 e. The van der Waals surface area contributed by atoms with Crippen LogP contribution in [0, 0.1) is 0 Å². The third-order valence-electron chi connectivity index (χ3n) is 1.34. The van der Waals surface area contributed by atoms with Crippen LogP contribution < -0.4 is 0 Å². The fraction of sp³-hybridized carbons (Fsp3) is 0.250. The summed E-state index contributed by atoms with van der Waals surface area (Å²) in [5.41, 5.74) is 0.391. The summed E-state index contributed by atoms with van der Waals surface area (Å²) < 4.78 is 5.28. The lowest BCUT2D eigenvalue weighted by Gasteiger charge is -2.03. The standard InChI is InChI=1S/C8H7BrClNO2/c1-2-13-8(12)5-3-4-11-7(10)6(5)9/h3-4H,2H2,1H3. The Kier molecular flexibility index (Phi) is 3.69. The van der Waals surface area contributed by atoms with Gasteiger partial charge in [0.25, 0.3) is 0 Å². The molecule has 1 heterocycles. The molecule has 0 bridgehead atoms. The Morgan fingerprint density at radius 3 is 3.08 bits per heavy atom. The summed E-state index contributed by atoms with van der Waals surface area (Å²) in [5.74, 6) is -0.404. The maximum absolute atomic E-state index is 11.3. The fourth-order valence-electron chi connectivity index (χ4n) is 0.785. The first-order chi connectivity index (χ1) is 6.16. The molecular weight excluding hydrogens is 257 g/mol. The average Bonchev–Trinajstić information content (AvgIpc) is 2.10. The lowest BCUT2D eigenvalue weighted by atomic mass is 10.3. The van der Waals surface area contributed by atoms with Crippen LogP contribution in [-0.2, 0) is 4.74 Å². The van der Waals surface area contributed by atoms with E-state index in [4.69, 9.17) is 16.3 Å². The maximum atomic E-state index is 11.3. The Hall–Kier alpha value is -0.610. The van der Waals surface area contributed by atoms with Crippen LogP contribution in [0.3, 0.4) is 0 Å². The normalized spacial score (nSPS) is 9.77. The number of halogens is 2. The van der Waals surface area contributed by atoms with Crippen LogP contribution in [0.25, 0.3) is 0 Å². The molecule has 1 rings (SSSR count). The second kappa shape index (κ2) is 4.58. The zero-order chi connectivity index (χ0) is 9.84. The molecule has 3 nitrogen and oxygen atoms in total. The van der Waals surface area contributed by atoms with Crippen molar-refractivity contribution in [2.75, 3.05) is 6.61 Å². The highest BCUT2D eigenvalue weighted by atomic mass is 79.9. The molecule has 1 aromatic heterocycles. The summed E-state index contributed by atoms with van der Waals surface area (Å²) in [6, 6.07) is 1.55. The van der Waals surface area contributed by atoms with Gasteiger partial charge in [0.05, 0.1) is 16.6 Å². The maximum Gasteiger partial charge on any atom is 0.339 e.